The van der Waals surface area contributed by atoms with Gasteiger partial charge in [0.15, 0.2) is 0 Å². The van der Waals surface area contributed by atoms with Crippen molar-refractivity contribution in [2.24, 2.45) is 0 Å². The average Bonchev–Trinajstić information content (AvgIpc) is 3.19. The molecule has 0 spiro atoms. The number of benzene rings is 1. The third-order valence-electron chi connectivity index (χ3n) is 5.30. The molecule has 1 aromatic heterocycles. The molecule has 0 saturated carbocycles. The summed E-state index contributed by atoms with van der Waals surface area (Å²) in [6, 6.07) is 12.5. The molecule has 2 aliphatic rings. The van der Waals surface area contributed by atoms with Crippen LogP contribution in [-0.4, -0.2) is 29.8 Å². The Bertz CT molecular complexity index is 865. The summed E-state index contributed by atoms with van der Waals surface area (Å²) >= 11 is 0. The van der Waals surface area contributed by atoms with Crippen molar-refractivity contribution in [3.63, 3.8) is 0 Å². The second kappa shape index (κ2) is 7.30. The van der Waals surface area contributed by atoms with Crippen LogP contribution in [0.2, 0.25) is 0 Å². The lowest BCUT2D eigenvalue weighted by Gasteiger charge is -2.34. The second-order valence-electron chi connectivity index (χ2n) is 7.86. The summed E-state index contributed by atoms with van der Waals surface area (Å²) in [6.07, 6.45) is 3.03. The molecule has 4 rings (SSSR count). The SMILES string of the molecule is CC1(C)Cc2c(C#N)c(NC[C@@H]3CCCO3)nc(-c3ccccc3)c2CO1. The second-order valence-corrected chi connectivity index (χ2v) is 7.86. The molecule has 2 aliphatic heterocycles. The van der Waals surface area contributed by atoms with Gasteiger partial charge < -0.3 is 14.8 Å². The quantitative estimate of drug-likeness (QED) is 0.887. The van der Waals surface area contributed by atoms with Crippen LogP contribution < -0.4 is 5.32 Å². The first-order chi connectivity index (χ1) is 13.1. The summed E-state index contributed by atoms with van der Waals surface area (Å²) in [5, 5.41) is 13.3. The van der Waals surface area contributed by atoms with E-state index in [-0.39, 0.29) is 11.7 Å². The number of pyridine rings is 1. The van der Waals surface area contributed by atoms with Gasteiger partial charge in [0.25, 0.3) is 0 Å². The van der Waals surface area contributed by atoms with E-state index >= 15 is 0 Å². The topological polar surface area (TPSA) is 67.2 Å². The number of hydrogen-bond acceptors (Lipinski definition) is 5. The van der Waals surface area contributed by atoms with Crippen LogP contribution in [0, 0.1) is 11.3 Å². The molecule has 0 bridgehead atoms. The van der Waals surface area contributed by atoms with Crippen LogP contribution in [0.3, 0.4) is 0 Å². The van der Waals surface area contributed by atoms with E-state index in [1.807, 2.05) is 18.2 Å². The van der Waals surface area contributed by atoms with E-state index in [1.165, 1.54) is 0 Å². The molecule has 1 N–H and O–H groups in total. The Labute approximate surface area is 160 Å². The summed E-state index contributed by atoms with van der Waals surface area (Å²) in [6.45, 7) is 6.10. The minimum atomic E-state index is -0.292. The number of anilines is 1. The van der Waals surface area contributed by atoms with Crippen molar-refractivity contribution in [2.75, 3.05) is 18.5 Å². The van der Waals surface area contributed by atoms with Crippen molar-refractivity contribution in [1.82, 2.24) is 4.98 Å². The molecule has 5 nitrogen and oxygen atoms in total. The van der Waals surface area contributed by atoms with E-state index < -0.39 is 0 Å². The Hall–Kier alpha value is -2.42. The van der Waals surface area contributed by atoms with Crippen molar-refractivity contribution >= 4 is 5.82 Å². The zero-order chi connectivity index (χ0) is 18.9. The number of aromatic nitrogens is 1. The standard InChI is InChI=1S/C22H25N3O2/c1-22(2)11-17-18(12-23)21(24-13-16-9-6-10-26-16)25-20(19(17)14-27-22)15-7-4-3-5-8-15/h3-5,7-8,16H,6,9-11,13-14H2,1-2H3,(H,24,25)/t16-/m0/s1. The van der Waals surface area contributed by atoms with Gasteiger partial charge in [-0.25, -0.2) is 4.98 Å². The fourth-order valence-corrected chi connectivity index (χ4v) is 3.87. The van der Waals surface area contributed by atoms with Crippen molar-refractivity contribution in [3.05, 3.63) is 47.0 Å². The molecule has 0 aliphatic carbocycles. The molecule has 2 aromatic rings. The van der Waals surface area contributed by atoms with Crippen LogP contribution >= 0.6 is 0 Å². The number of ether oxygens (including phenoxy) is 2. The number of rotatable bonds is 4. The Morgan fingerprint density at radius 2 is 2.07 bits per heavy atom. The first-order valence-electron chi connectivity index (χ1n) is 9.58. The van der Waals surface area contributed by atoms with Gasteiger partial charge in [0.05, 0.1) is 29.6 Å². The first kappa shape index (κ1) is 18.0. The average molecular weight is 363 g/mol. The Kier molecular flexibility index (Phi) is 4.86. The molecule has 5 heteroatoms. The van der Waals surface area contributed by atoms with Gasteiger partial charge in [0.2, 0.25) is 0 Å². The molecule has 0 amide bonds. The van der Waals surface area contributed by atoms with Crippen LogP contribution in [0.4, 0.5) is 5.82 Å². The molecule has 0 radical (unpaired) electrons. The zero-order valence-corrected chi connectivity index (χ0v) is 15.9. The minimum Gasteiger partial charge on any atom is -0.376 e. The Balaban J connectivity index is 1.79. The predicted molar refractivity (Wildman–Crippen MR) is 104 cm³/mol. The van der Waals surface area contributed by atoms with Gasteiger partial charge in [-0.05, 0) is 32.3 Å². The van der Waals surface area contributed by atoms with Gasteiger partial charge in [-0.2, -0.15) is 5.26 Å². The smallest absolute Gasteiger partial charge is 0.145 e. The fourth-order valence-electron chi connectivity index (χ4n) is 3.87. The van der Waals surface area contributed by atoms with E-state index in [2.05, 4.69) is 37.4 Å². The number of nitrogens with one attached hydrogen (secondary N) is 1. The fraction of sp³-hybridized carbons (Fsp3) is 0.455. The maximum Gasteiger partial charge on any atom is 0.145 e. The monoisotopic (exact) mass is 363 g/mol. The summed E-state index contributed by atoms with van der Waals surface area (Å²) in [5.74, 6) is 0.656. The largest absolute Gasteiger partial charge is 0.376 e. The number of hydrogen-bond donors (Lipinski definition) is 1. The van der Waals surface area contributed by atoms with Crippen LogP contribution in [-0.2, 0) is 22.5 Å². The van der Waals surface area contributed by atoms with Gasteiger partial charge in [0.1, 0.15) is 11.9 Å². The van der Waals surface area contributed by atoms with Crippen molar-refractivity contribution < 1.29 is 9.47 Å². The van der Waals surface area contributed by atoms with E-state index in [0.717, 1.165) is 41.8 Å². The van der Waals surface area contributed by atoms with E-state index in [4.69, 9.17) is 14.5 Å². The highest BCUT2D eigenvalue weighted by atomic mass is 16.5. The summed E-state index contributed by atoms with van der Waals surface area (Å²) < 4.78 is 11.8. The number of nitrogens with zero attached hydrogens (tertiary/aromatic N) is 2. The van der Waals surface area contributed by atoms with Crippen LogP contribution in [0.5, 0.6) is 0 Å². The summed E-state index contributed by atoms with van der Waals surface area (Å²) in [7, 11) is 0. The van der Waals surface area contributed by atoms with Gasteiger partial charge >= 0.3 is 0 Å². The van der Waals surface area contributed by atoms with Crippen LogP contribution in [0.1, 0.15) is 43.4 Å². The maximum absolute atomic E-state index is 9.90. The summed E-state index contributed by atoms with van der Waals surface area (Å²) in [4.78, 5) is 4.87. The van der Waals surface area contributed by atoms with Gasteiger partial charge in [0, 0.05) is 30.7 Å². The van der Waals surface area contributed by atoms with E-state index in [1.54, 1.807) is 0 Å². The van der Waals surface area contributed by atoms with Crippen LogP contribution in [0.25, 0.3) is 11.3 Å². The molecule has 27 heavy (non-hydrogen) atoms. The first-order valence-corrected chi connectivity index (χ1v) is 9.58. The predicted octanol–water partition coefficient (Wildman–Crippen LogP) is 4.06. The van der Waals surface area contributed by atoms with Gasteiger partial charge in [-0.3, -0.25) is 0 Å². The van der Waals surface area contributed by atoms with Crippen LogP contribution in [0.15, 0.2) is 30.3 Å². The van der Waals surface area contributed by atoms with E-state index in [9.17, 15) is 5.26 Å². The molecule has 3 heterocycles. The maximum atomic E-state index is 9.90. The molecule has 1 saturated heterocycles. The van der Waals surface area contributed by atoms with E-state index in [0.29, 0.717) is 31.0 Å². The third-order valence-corrected chi connectivity index (χ3v) is 5.30. The highest BCUT2D eigenvalue weighted by molar-refractivity contribution is 5.72. The Morgan fingerprint density at radius 3 is 2.78 bits per heavy atom. The molecule has 0 unspecified atom stereocenters. The zero-order valence-electron chi connectivity index (χ0n) is 15.9. The lowest BCUT2D eigenvalue weighted by atomic mass is 9.87. The molecule has 1 atom stereocenters. The molecule has 1 aromatic carbocycles. The molecular weight excluding hydrogens is 338 g/mol. The summed E-state index contributed by atoms with van der Waals surface area (Å²) in [5.41, 5.74) is 4.37. The third kappa shape index (κ3) is 3.69. The Morgan fingerprint density at radius 1 is 1.26 bits per heavy atom. The molecular formula is C22H25N3O2. The minimum absolute atomic E-state index is 0.189. The molecule has 140 valence electrons. The number of fused-ring (bicyclic) bond motifs is 1. The van der Waals surface area contributed by atoms with Gasteiger partial charge in [-0.15, -0.1) is 0 Å². The lowest BCUT2D eigenvalue weighted by molar-refractivity contribution is -0.0400. The highest BCUT2D eigenvalue weighted by Crippen LogP contribution is 2.37. The van der Waals surface area contributed by atoms with Crippen molar-refractivity contribution in [1.29, 1.82) is 5.26 Å². The number of nitriles is 1. The molecule has 1 fully saturated rings. The van der Waals surface area contributed by atoms with Gasteiger partial charge in [-0.1, -0.05) is 30.3 Å². The lowest BCUT2D eigenvalue weighted by Crippen LogP contribution is -2.33. The highest BCUT2D eigenvalue weighted by Gasteiger charge is 2.32. The van der Waals surface area contributed by atoms with Crippen molar-refractivity contribution in [3.8, 4) is 17.3 Å². The normalized spacial score (nSPS) is 20.7. The van der Waals surface area contributed by atoms with Crippen molar-refractivity contribution in [2.45, 2.75) is 51.4 Å².